The van der Waals surface area contributed by atoms with Gasteiger partial charge in [-0.2, -0.15) is 0 Å². The molecular formula is C31H37N3O5. The standard InChI is InChI=1S/C31H37N3O5/c35-30(32-17-12-23-13-18-33(19-14-23)22-24-6-2-1-3-7-24)29-11-10-28(39-29)26-8-4-5-9-27(26)38-25-15-20-34(21-16-25)31(36)37/h1-11,23,25H,12-22H2,(H,32,35)(H,36,37). The van der Waals surface area contributed by atoms with Gasteiger partial charge in [-0.3, -0.25) is 9.69 Å². The van der Waals surface area contributed by atoms with Gasteiger partial charge in [-0.05, 0) is 68.1 Å². The zero-order valence-electron chi connectivity index (χ0n) is 22.3. The molecule has 39 heavy (non-hydrogen) atoms. The molecule has 3 heterocycles. The lowest BCUT2D eigenvalue weighted by molar-refractivity contribution is 0.0891. The Morgan fingerprint density at radius 2 is 1.62 bits per heavy atom. The third-order valence-corrected chi connectivity index (χ3v) is 7.78. The second-order valence-electron chi connectivity index (χ2n) is 10.5. The quantitative estimate of drug-likeness (QED) is 0.379. The highest BCUT2D eigenvalue weighted by Crippen LogP contribution is 2.33. The lowest BCUT2D eigenvalue weighted by atomic mass is 9.93. The van der Waals surface area contributed by atoms with Crippen LogP contribution in [0, 0.1) is 5.92 Å². The van der Waals surface area contributed by atoms with Crippen molar-refractivity contribution in [2.45, 2.75) is 44.8 Å². The Bertz CT molecular complexity index is 1230. The van der Waals surface area contributed by atoms with Gasteiger partial charge in [0.05, 0.1) is 5.56 Å². The zero-order chi connectivity index (χ0) is 27.0. The number of benzene rings is 2. The van der Waals surface area contributed by atoms with Crippen molar-refractivity contribution in [3.05, 3.63) is 78.1 Å². The SMILES string of the molecule is O=C(NCCC1CCN(Cc2ccccc2)CC1)c1ccc(-c2ccccc2OC2CCN(C(=O)O)CC2)o1. The Labute approximate surface area is 229 Å². The van der Waals surface area contributed by atoms with Crippen molar-refractivity contribution in [2.24, 2.45) is 5.92 Å². The summed E-state index contributed by atoms with van der Waals surface area (Å²) < 4.78 is 12.2. The normalized spacial score (nSPS) is 17.2. The van der Waals surface area contributed by atoms with E-state index in [4.69, 9.17) is 14.3 Å². The summed E-state index contributed by atoms with van der Waals surface area (Å²) in [5.41, 5.74) is 2.13. The maximum absolute atomic E-state index is 12.8. The maximum atomic E-state index is 12.8. The van der Waals surface area contributed by atoms with Gasteiger partial charge >= 0.3 is 6.09 Å². The molecule has 0 saturated carbocycles. The van der Waals surface area contributed by atoms with E-state index < -0.39 is 6.09 Å². The summed E-state index contributed by atoms with van der Waals surface area (Å²) in [6.45, 7) is 4.74. The Balaban J connectivity index is 1.08. The van der Waals surface area contributed by atoms with Gasteiger partial charge in [0, 0.05) is 39.0 Å². The first kappa shape index (κ1) is 26.8. The number of hydrogen-bond acceptors (Lipinski definition) is 5. The molecular weight excluding hydrogens is 494 g/mol. The van der Waals surface area contributed by atoms with Gasteiger partial charge in [0.15, 0.2) is 5.76 Å². The molecule has 2 aliphatic rings. The molecule has 8 heteroatoms. The number of carbonyl (C=O) groups is 2. The van der Waals surface area contributed by atoms with Crippen molar-refractivity contribution in [3.63, 3.8) is 0 Å². The fourth-order valence-electron chi connectivity index (χ4n) is 5.47. The molecule has 2 amide bonds. The molecule has 2 aromatic carbocycles. The fraction of sp³-hybridized carbons (Fsp3) is 0.419. The molecule has 0 unspecified atom stereocenters. The lowest BCUT2D eigenvalue weighted by Crippen LogP contribution is -2.41. The van der Waals surface area contributed by atoms with Gasteiger partial charge in [0.25, 0.3) is 5.91 Å². The highest BCUT2D eigenvalue weighted by molar-refractivity contribution is 5.92. The van der Waals surface area contributed by atoms with Crippen LogP contribution in [0.25, 0.3) is 11.3 Å². The van der Waals surface area contributed by atoms with Crippen LogP contribution in [0.2, 0.25) is 0 Å². The number of furan rings is 1. The first-order chi connectivity index (χ1) is 19.0. The summed E-state index contributed by atoms with van der Waals surface area (Å²) in [5.74, 6) is 1.95. The van der Waals surface area contributed by atoms with Crippen molar-refractivity contribution in [3.8, 4) is 17.1 Å². The first-order valence-corrected chi connectivity index (χ1v) is 13.9. The number of para-hydroxylation sites is 1. The lowest BCUT2D eigenvalue weighted by Gasteiger charge is -2.32. The molecule has 2 N–H and O–H groups in total. The minimum atomic E-state index is -0.889. The molecule has 3 aromatic rings. The van der Waals surface area contributed by atoms with Gasteiger partial charge < -0.3 is 24.5 Å². The average molecular weight is 532 g/mol. The van der Waals surface area contributed by atoms with Crippen LogP contribution in [0.5, 0.6) is 5.75 Å². The third-order valence-electron chi connectivity index (χ3n) is 7.78. The summed E-state index contributed by atoms with van der Waals surface area (Å²) in [6, 6.07) is 21.7. The number of carbonyl (C=O) groups excluding carboxylic acids is 1. The molecule has 2 fully saturated rings. The summed E-state index contributed by atoms with van der Waals surface area (Å²) >= 11 is 0. The van der Waals surface area contributed by atoms with Crippen molar-refractivity contribution >= 4 is 12.0 Å². The molecule has 206 valence electrons. The predicted molar refractivity (Wildman–Crippen MR) is 149 cm³/mol. The number of rotatable bonds is 9. The third kappa shape index (κ3) is 7.20. The van der Waals surface area contributed by atoms with Crippen LogP contribution >= 0.6 is 0 Å². The van der Waals surface area contributed by atoms with E-state index in [0.29, 0.717) is 49.9 Å². The molecule has 1 aromatic heterocycles. The van der Waals surface area contributed by atoms with E-state index in [0.717, 1.165) is 44.5 Å². The fourth-order valence-corrected chi connectivity index (χ4v) is 5.47. The maximum Gasteiger partial charge on any atom is 0.407 e. The van der Waals surface area contributed by atoms with Crippen molar-refractivity contribution < 1.29 is 23.8 Å². The predicted octanol–water partition coefficient (Wildman–Crippen LogP) is 5.50. The van der Waals surface area contributed by atoms with E-state index in [1.54, 1.807) is 12.1 Å². The molecule has 8 nitrogen and oxygen atoms in total. The van der Waals surface area contributed by atoms with E-state index in [2.05, 4.69) is 40.5 Å². The smallest absolute Gasteiger partial charge is 0.407 e. The van der Waals surface area contributed by atoms with Crippen LogP contribution in [0.4, 0.5) is 4.79 Å². The molecule has 0 atom stereocenters. The number of nitrogens with zero attached hydrogens (tertiary/aromatic N) is 2. The van der Waals surface area contributed by atoms with E-state index >= 15 is 0 Å². The number of carboxylic acid groups (broad SMARTS) is 1. The summed E-state index contributed by atoms with van der Waals surface area (Å²) in [4.78, 5) is 27.9. The number of amides is 2. The number of piperidine rings is 2. The Hall–Kier alpha value is -3.78. The number of nitrogens with one attached hydrogen (secondary N) is 1. The average Bonchev–Trinajstić information content (AvgIpc) is 3.46. The van der Waals surface area contributed by atoms with Crippen molar-refractivity contribution in [2.75, 3.05) is 32.7 Å². The van der Waals surface area contributed by atoms with E-state index in [9.17, 15) is 9.59 Å². The van der Waals surface area contributed by atoms with E-state index in [1.165, 1.54) is 10.5 Å². The molecule has 0 aliphatic carbocycles. The zero-order valence-corrected chi connectivity index (χ0v) is 22.3. The molecule has 0 bridgehead atoms. The number of ether oxygens (including phenoxy) is 1. The van der Waals surface area contributed by atoms with Crippen LogP contribution in [-0.2, 0) is 6.54 Å². The molecule has 2 saturated heterocycles. The highest BCUT2D eigenvalue weighted by atomic mass is 16.5. The van der Waals surface area contributed by atoms with E-state index in [-0.39, 0.29) is 17.8 Å². The Morgan fingerprint density at radius 3 is 2.36 bits per heavy atom. The van der Waals surface area contributed by atoms with Gasteiger partial charge in [-0.25, -0.2) is 4.79 Å². The monoisotopic (exact) mass is 531 g/mol. The number of likely N-dealkylation sites (tertiary alicyclic amines) is 2. The van der Waals surface area contributed by atoms with Crippen LogP contribution in [-0.4, -0.2) is 65.7 Å². The van der Waals surface area contributed by atoms with E-state index in [1.807, 2.05) is 24.3 Å². The van der Waals surface area contributed by atoms with Gasteiger partial charge in [-0.1, -0.05) is 42.5 Å². The minimum absolute atomic E-state index is 0.0651. The topological polar surface area (TPSA) is 95.3 Å². The molecule has 0 radical (unpaired) electrons. The molecule has 5 rings (SSSR count). The Kier molecular flexibility index (Phi) is 8.83. The van der Waals surface area contributed by atoms with Gasteiger partial charge in [0.1, 0.15) is 17.6 Å². The minimum Gasteiger partial charge on any atom is -0.490 e. The van der Waals surface area contributed by atoms with Crippen LogP contribution in [0.3, 0.4) is 0 Å². The van der Waals surface area contributed by atoms with Crippen molar-refractivity contribution in [1.29, 1.82) is 0 Å². The van der Waals surface area contributed by atoms with Crippen molar-refractivity contribution in [1.82, 2.24) is 15.1 Å². The summed E-state index contributed by atoms with van der Waals surface area (Å²) in [5, 5.41) is 12.2. The summed E-state index contributed by atoms with van der Waals surface area (Å²) in [7, 11) is 0. The largest absolute Gasteiger partial charge is 0.490 e. The first-order valence-electron chi connectivity index (χ1n) is 13.9. The second kappa shape index (κ2) is 12.8. The highest BCUT2D eigenvalue weighted by Gasteiger charge is 2.25. The van der Waals surface area contributed by atoms with Crippen LogP contribution in [0.15, 0.2) is 71.1 Å². The molecule has 0 spiro atoms. The Morgan fingerprint density at radius 1 is 0.897 bits per heavy atom. The molecule has 2 aliphatic heterocycles. The summed E-state index contributed by atoms with van der Waals surface area (Å²) in [6.07, 6.45) is 3.59. The second-order valence-corrected chi connectivity index (χ2v) is 10.5. The van der Waals surface area contributed by atoms with Gasteiger partial charge in [-0.15, -0.1) is 0 Å². The van der Waals surface area contributed by atoms with Gasteiger partial charge in [0.2, 0.25) is 0 Å². The van der Waals surface area contributed by atoms with Crippen LogP contribution < -0.4 is 10.1 Å². The number of hydrogen-bond donors (Lipinski definition) is 2. The van der Waals surface area contributed by atoms with Crippen LogP contribution in [0.1, 0.15) is 48.2 Å².